The van der Waals surface area contributed by atoms with Gasteiger partial charge in [0.25, 0.3) is 11.1 Å². The van der Waals surface area contributed by atoms with E-state index in [1.807, 2.05) is 24.4 Å². The molecule has 0 spiro atoms. The fraction of sp³-hybridized carbons (Fsp3) is 0.143. The molecule has 1 N–H and O–H groups in total. The van der Waals surface area contributed by atoms with E-state index < -0.39 is 5.82 Å². The number of anilines is 1. The van der Waals surface area contributed by atoms with Crippen LogP contribution in [0.3, 0.4) is 0 Å². The maximum atomic E-state index is 13.8. The number of halogens is 1. The molecule has 3 aromatic heterocycles. The molecule has 31 heavy (non-hydrogen) atoms. The summed E-state index contributed by atoms with van der Waals surface area (Å²) in [5, 5.41) is 22.5. The summed E-state index contributed by atoms with van der Waals surface area (Å²) >= 11 is 2.57. The molecule has 0 saturated heterocycles. The monoisotopic (exact) mass is 453 g/mol. The first kappa shape index (κ1) is 20.8. The Kier molecular flexibility index (Phi) is 5.88. The van der Waals surface area contributed by atoms with Crippen LogP contribution in [0.1, 0.15) is 16.8 Å². The second-order valence-corrected chi connectivity index (χ2v) is 8.42. The normalized spacial score (nSPS) is 10.8. The first-order valence-corrected chi connectivity index (χ1v) is 11.0. The van der Waals surface area contributed by atoms with Crippen LogP contribution in [0.25, 0.3) is 16.5 Å². The molecular weight excluding hydrogens is 437 g/mol. The maximum absolute atomic E-state index is 13.8. The Morgan fingerprint density at radius 1 is 1.32 bits per heavy atom. The van der Waals surface area contributed by atoms with Crippen LogP contribution in [0.4, 0.5) is 10.2 Å². The van der Waals surface area contributed by atoms with Crippen LogP contribution in [-0.2, 0) is 4.79 Å². The Hall–Kier alpha value is -3.42. The number of thiophene rings is 1. The zero-order valence-electron chi connectivity index (χ0n) is 16.5. The highest BCUT2D eigenvalue weighted by Crippen LogP contribution is 2.31. The van der Waals surface area contributed by atoms with Crippen LogP contribution in [0, 0.1) is 31.0 Å². The molecule has 156 valence electrons. The molecule has 10 heteroatoms. The van der Waals surface area contributed by atoms with E-state index in [9.17, 15) is 14.4 Å². The lowest BCUT2D eigenvalue weighted by atomic mass is 10.2. The minimum atomic E-state index is -0.410. The number of amides is 1. The van der Waals surface area contributed by atoms with E-state index in [0.29, 0.717) is 28.5 Å². The second-order valence-electron chi connectivity index (χ2n) is 6.55. The van der Waals surface area contributed by atoms with E-state index in [1.165, 1.54) is 23.5 Å². The minimum Gasteiger partial charge on any atom is -0.410 e. The third-order valence-electron chi connectivity index (χ3n) is 4.61. The lowest BCUT2D eigenvalue weighted by molar-refractivity contribution is -0.113. The first-order valence-electron chi connectivity index (χ1n) is 9.16. The fourth-order valence-corrected chi connectivity index (χ4v) is 4.27. The molecule has 7 nitrogen and oxygen atoms in total. The Balaban J connectivity index is 1.54. The molecule has 0 saturated carbocycles. The smallest absolute Gasteiger partial charge is 0.277 e. The maximum Gasteiger partial charge on any atom is 0.277 e. The number of nitriles is 1. The third kappa shape index (κ3) is 4.23. The van der Waals surface area contributed by atoms with Gasteiger partial charge in [0.1, 0.15) is 17.7 Å². The van der Waals surface area contributed by atoms with Crippen molar-refractivity contribution >= 4 is 34.8 Å². The van der Waals surface area contributed by atoms with Gasteiger partial charge in [-0.25, -0.2) is 4.39 Å². The molecule has 0 unspecified atom stereocenters. The zero-order chi connectivity index (χ0) is 22.0. The summed E-state index contributed by atoms with van der Waals surface area (Å²) in [7, 11) is 0. The highest BCUT2D eigenvalue weighted by Gasteiger charge is 2.21. The summed E-state index contributed by atoms with van der Waals surface area (Å²) in [6.07, 6.45) is 0. The fourth-order valence-electron chi connectivity index (χ4n) is 3.06. The number of thioether (sulfide) groups is 1. The van der Waals surface area contributed by atoms with E-state index in [2.05, 4.69) is 21.6 Å². The number of rotatable bonds is 6. The van der Waals surface area contributed by atoms with E-state index in [1.54, 1.807) is 23.6 Å². The molecule has 1 amide bonds. The zero-order valence-corrected chi connectivity index (χ0v) is 18.2. The lowest BCUT2D eigenvalue weighted by Gasteiger charge is -2.13. The predicted octanol–water partition coefficient (Wildman–Crippen LogP) is 4.95. The molecule has 0 bridgehead atoms. The Morgan fingerprint density at radius 3 is 2.87 bits per heavy atom. The van der Waals surface area contributed by atoms with Crippen molar-refractivity contribution in [1.29, 1.82) is 5.26 Å². The number of nitrogens with zero attached hydrogens (tertiary/aromatic N) is 4. The number of benzene rings is 1. The molecule has 3 heterocycles. The summed E-state index contributed by atoms with van der Waals surface area (Å²) < 4.78 is 21.0. The van der Waals surface area contributed by atoms with Gasteiger partial charge < -0.3 is 9.73 Å². The number of aromatic nitrogens is 3. The Labute approximate surface area is 185 Å². The van der Waals surface area contributed by atoms with Crippen molar-refractivity contribution in [2.75, 3.05) is 11.1 Å². The van der Waals surface area contributed by atoms with Gasteiger partial charge in [0.15, 0.2) is 0 Å². The van der Waals surface area contributed by atoms with Crippen LogP contribution in [-0.4, -0.2) is 26.4 Å². The van der Waals surface area contributed by atoms with Gasteiger partial charge in [-0.2, -0.15) is 5.26 Å². The van der Waals surface area contributed by atoms with Gasteiger partial charge in [-0.15, -0.1) is 21.5 Å². The van der Waals surface area contributed by atoms with Gasteiger partial charge in [-0.05, 0) is 49.1 Å². The van der Waals surface area contributed by atoms with Gasteiger partial charge in [-0.1, -0.05) is 23.9 Å². The molecular formula is C21H16FN5O2S2. The molecule has 0 atom stereocenters. The van der Waals surface area contributed by atoms with E-state index in [0.717, 1.165) is 22.3 Å². The quantitative estimate of drug-likeness (QED) is 0.415. The standard InChI is InChI=1S/C21H16FN5O2S2/c1-12-13(2)27(15-6-3-5-14(22)9-15)19(16(12)10-23)24-18(28)11-31-21-26-25-20(29-21)17-7-4-8-30-17/h3-9H,11H2,1-2H3,(H,24,28). The number of carbonyl (C=O) groups is 1. The van der Waals surface area contributed by atoms with Crippen LogP contribution >= 0.6 is 23.1 Å². The Morgan fingerprint density at radius 2 is 2.16 bits per heavy atom. The molecule has 4 rings (SSSR count). The first-order chi connectivity index (χ1) is 15.0. The van der Waals surface area contributed by atoms with Crippen molar-refractivity contribution in [2.24, 2.45) is 0 Å². The summed E-state index contributed by atoms with van der Waals surface area (Å²) in [5.41, 5.74) is 2.30. The van der Waals surface area contributed by atoms with Crippen LogP contribution < -0.4 is 5.32 Å². The van der Waals surface area contributed by atoms with Crippen molar-refractivity contribution in [3.63, 3.8) is 0 Å². The molecule has 4 aromatic rings. The van der Waals surface area contributed by atoms with Crippen LogP contribution in [0.2, 0.25) is 0 Å². The van der Waals surface area contributed by atoms with E-state index >= 15 is 0 Å². The molecule has 0 aliphatic rings. The van der Waals surface area contributed by atoms with Gasteiger partial charge in [-0.3, -0.25) is 9.36 Å². The Bertz CT molecular complexity index is 1290. The average molecular weight is 454 g/mol. The van der Waals surface area contributed by atoms with Crippen molar-refractivity contribution in [2.45, 2.75) is 19.1 Å². The van der Waals surface area contributed by atoms with Gasteiger partial charge in [0.2, 0.25) is 5.91 Å². The lowest BCUT2D eigenvalue weighted by Crippen LogP contribution is -2.17. The molecule has 0 fully saturated rings. The second kappa shape index (κ2) is 8.75. The molecule has 0 aliphatic carbocycles. The number of nitrogens with one attached hydrogen (secondary N) is 1. The van der Waals surface area contributed by atoms with Crippen molar-refractivity contribution in [3.05, 3.63) is 64.4 Å². The third-order valence-corrected chi connectivity index (χ3v) is 6.29. The summed E-state index contributed by atoms with van der Waals surface area (Å²) in [6, 6.07) is 11.9. The molecule has 1 aromatic carbocycles. The summed E-state index contributed by atoms with van der Waals surface area (Å²) in [5.74, 6) is -0.0573. The minimum absolute atomic E-state index is 0.00334. The van der Waals surface area contributed by atoms with Crippen molar-refractivity contribution in [3.8, 4) is 22.5 Å². The largest absolute Gasteiger partial charge is 0.410 e. The van der Waals surface area contributed by atoms with Gasteiger partial charge in [0.05, 0.1) is 21.9 Å². The van der Waals surface area contributed by atoms with E-state index in [4.69, 9.17) is 4.42 Å². The van der Waals surface area contributed by atoms with Gasteiger partial charge in [0, 0.05) is 5.69 Å². The van der Waals surface area contributed by atoms with Gasteiger partial charge >= 0.3 is 0 Å². The van der Waals surface area contributed by atoms with Crippen molar-refractivity contribution < 1.29 is 13.6 Å². The van der Waals surface area contributed by atoms with E-state index in [-0.39, 0.29) is 16.9 Å². The van der Waals surface area contributed by atoms with Crippen LogP contribution in [0.5, 0.6) is 0 Å². The molecule has 0 aliphatic heterocycles. The van der Waals surface area contributed by atoms with Crippen molar-refractivity contribution in [1.82, 2.24) is 14.8 Å². The number of hydrogen-bond acceptors (Lipinski definition) is 7. The molecule has 0 radical (unpaired) electrons. The predicted molar refractivity (Wildman–Crippen MR) is 117 cm³/mol. The van der Waals surface area contributed by atoms with Crippen LogP contribution in [0.15, 0.2) is 51.4 Å². The number of hydrogen-bond donors (Lipinski definition) is 1. The topological polar surface area (TPSA) is 96.7 Å². The highest BCUT2D eigenvalue weighted by molar-refractivity contribution is 7.99. The highest BCUT2D eigenvalue weighted by atomic mass is 32.2. The average Bonchev–Trinajstić information content (AvgIpc) is 3.48. The summed E-state index contributed by atoms with van der Waals surface area (Å²) in [6.45, 7) is 3.61. The summed E-state index contributed by atoms with van der Waals surface area (Å²) in [4.78, 5) is 13.5. The number of carbonyl (C=O) groups excluding carboxylic acids is 1. The SMILES string of the molecule is Cc1c(C#N)c(NC(=O)CSc2nnc(-c3cccs3)o2)n(-c2cccc(F)c2)c1C.